The van der Waals surface area contributed by atoms with Gasteiger partial charge in [0.25, 0.3) is 5.91 Å². The predicted molar refractivity (Wildman–Crippen MR) is 126 cm³/mol. The molecule has 1 aliphatic rings. The topological polar surface area (TPSA) is 36.4 Å². The number of rotatable bonds is 3. The van der Waals surface area contributed by atoms with Crippen molar-refractivity contribution in [2.24, 2.45) is 0 Å². The van der Waals surface area contributed by atoms with Crippen LogP contribution in [0.4, 0.5) is 10.1 Å². The van der Waals surface area contributed by atoms with E-state index in [0.29, 0.717) is 24.3 Å². The van der Waals surface area contributed by atoms with E-state index in [0.717, 1.165) is 29.6 Å². The maximum atomic E-state index is 13.6. The number of pyridine rings is 1. The third kappa shape index (κ3) is 3.94. The Morgan fingerprint density at radius 1 is 0.875 bits per heavy atom. The van der Waals surface area contributed by atoms with Gasteiger partial charge in [-0.2, -0.15) is 0 Å². The Hall–Kier alpha value is -3.73. The molecule has 160 valence electrons. The predicted octanol–water partition coefficient (Wildman–Crippen LogP) is 5.31. The maximum absolute atomic E-state index is 13.6. The second-order valence-electron chi connectivity index (χ2n) is 8.20. The highest BCUT2D eigenvalue weighted by Gasteiger charge is 2.24. The maximum Gasteiger partial charge on any atom is 0.254 e. The van der Waals surface area contributed by atoms with Crippen LogP contribution in [-0.2, 0) is 0 Å². The van der Waals surface area contributed by atoms with Gasteiger partial charge < -0.3 is 9.80 Å². The van der Waals surface area contributed by atoms with Crippen LogP contribution >= 0.6 is 0 Å². The van der Waals surface area contributed by atoms with Gasteiger partial charge in [-0.05, 0) is 61.0 Å². The van der Waals surface area contributed by atoms with E-state index >= 15 is 0 Å². The van der Waals surface area contributed by atoms with Crippen LogP contribution in [0.1, 0.15) is 15.9 Å². The van der Waals surface area contributed by atoms with Crippen molar-refractivity contribution in [3.8, 4) is 11.3 Å². The number of benzene rings is 3. The second kappa shape index (κ2) is 8.42. The van der Waals surface area contributed by atoms with Gasteiger partial charge in [0, 0.05) is 42.8 Å². The molecule has 0 aliphatic carbocycles. The fraction of sp³-hybridized carbons (Fsp3) is 0.185. The summed E-state index contributed by atoms with van der Waals surface area (Å²) in [7, 11) is 0. The van der Waals surface area contributed by atoms with Crippen molar-refractivity contribution < 1.29 is 9.18 Å². The van der Waals surface area contributed by atoms with Crippen LogP contribution < -0.4 is 4.90 Å². The molecular weight excluding hydrogens is 401 g/mol. The number of anilines is 1. The average Bonchev–Trinajstić information content (AvgIpc) is 2.83. The molecule has 0 radical (unpaired) electrons. The van der Waals surface area contributed by atoms with Gasteiger partial charge in [0.1, 0.15) is 5.82 Å². The second-order valence-corrected chi connectivity index (χ2v) is 8.20. The van der Waals surface area contributed by atoms with Crippen molar-refractivity contribution >= 4 is 22.5 Å². The molecule has 5 heteroatoms. The van der Waals surface area contributed by atoms with Crippen molar-refractivity contribution in [3.05, 3.63) is 95.8 Å². The Morgan fingerprint density at radius 3 is 2.38 bits per heavy atom. The zero-order valence-electron chi connectivity index (χ0n) is 18.0. The summed E-state index contributed by atoms with van der Waals surface area (Å²) < 4.78 is 13.4. The molecular formula is C27H24FN3O. The third-order valence-corrected chi connectivity index (χ3v) is 6.02. The molecule has 0 N–H and O–H groups in total. The fourth-order valence-electron chi connectivity index (χ4n) is 4.28. The van der Waals surface area contributed by atoms with E-state index in [4.69, 9.17) is 4.98 Å². The van der Waals surface area contributed by atoms with Crippen LogP contribution in [0.5, 0.6) is 0 Å². The van der Waals surface area contributed by atoms with E-state index in [2.05, 4.69) is 36.1 Å². The first-order valence-corrected chi connectivity index (χ1v) is 10.8. The number of hydrogen-bond donors (Lipinski definition) is 0. The van der Waals surface area contributed by atoms with Gasteiger partial charge in [-0.3, -0.25) is 4.79 Å². The number of carbonyl (C=O) groups is 1. The standard InChI is InChI=1S/C27H24FN3O/c1-19-5-4-6-22(17-19)30-13-15-31(16-14-30)27(32)24-18-26(20-9-11-21(28)12-10-20)29-25-8-3-2-7-23(24)25/h2-12,17-18H,13-16H2,1H3. The highest BCUT2D eigenvalue weighted by molar-refractivity contribution is 6.07. The monoisotopic (exact) mass is 425 g/mol. The molecule has 1 aliphatic heterocycles. The highest BCUT2D eigenvalue weighted by atomic mass is 19.1. The molecule has 32 heavy (non-hydrogen) atoms. The van der Waals surface area contributed by atoms with E-state index in [1.807, 2.05) is 35.2 Å². The lowest BCUT2D eigenvalue weighted by Crippen LogP contribution is -2.48. The molecule has 0 atom stereocenters. The number of halogens is 1. The van der Waals surface area contributed by atoms with Gasteiger partial charge in [-0.25, -0.2) is 9.37 Å². The van der Waals surface area contributed by atoms with Gasteiger partial charge in [-0.15, -0.1) is 0 Å². The lowest BCUT2D eigenvalue weighted by atomic mass is 10.0. The summed E-state index contributed by atoms with van der Waals surface area (Å²) >= 11 is 0. The quantitative estimate of drug-likeness (QED) is 0.446. The molecule has 1 amide bonds. The Morgan fingerprint density at radius 2 is 1.62 bits per heavy atom. The average molecular weight is 426 g/mol. The largest absolute Gasteiger partial charge is 0.368 e. The number of piperazine rings is 1. The molecule has 1 saturated heterocycles. The first kappa shape index (κ1) is 20.2. The minimum atomic E-state index is -0.294. The van der Waals surface area contributed by atoms with Crippen LogP contribution in [0.2, 0.25) is 0 Å². The third-order valence-electron chi connectivity index (χ3n) is 6.02. The Kier molecular flexibility index (Phi) is 5.31. The molecule has 2 heterocycles. The zero-order valence-corrected chi connectivity index (χ0v) is 18.0. The number of fused-ring (bicyclic) bond motifs is 1. The zero-order chi connectivity index (χ0) is 22.1. The van der Waals surface area contributed by atoms with E-state index < -0.39 is 0 Å². The van der Waals surface area contributed by atoms with Gasteiger partial charge >= 0.3 is 0 Å². The molecule has 0 unspecified atom stereocenters. The lowest BCUT2D eigenvalue weighted by molar-refractivity contribution is 0.0748. The number of aromatic nitrogens is 1. The van der Waals surface area contributed by atoms with Crippen molar-refractivity contribution in [1.29, 1.82) is 0 Å². The van der Waals surface area contributed by atoms with Crippen molar-refractivity contribution in [3.63, 3.8) is 0 Å². The first-order chi connectivity index (χ1) is 15.6. The van der Waals surface area contributed by atoms with Crippen molar-refractivity contribution in [1.82, 2.24) is 9.88 Å². The van der Waals surface area contributed by atoms with E-state index in [1.54, 1.807) is 12.1 Å². The normalized spacial score (nSPS) is 14.1. The fourth-order valence-corrected chi connectivity index (χ4v) is 4.28. The number of nitrogens with zero attached hydrogens (tertiary/aromatic N) is 3. The van der Waals surface area contributed by atoms with Crippen LogP contribution in [-0.4, -0.2) is 42.0 Å². The molecule has 4 nitrogen and oxygen atoms in total. The summed E-state index contributed by atoms with van der Waals surface area (Å²) in [5.74, 6) is -0.284. The molecule has 0 bridgehead atoms. The summed E-state index contributed by atoms with van der Waals surface area (Å²) in [6, 6.07) is 24.2. The van der Waals surface area contributed by atoms with Crippen molar-refractivity contribution in [2.75, 3.05) is 31.1 Å². The molecule has 0 saturated carbocycles. The molecule has 4 aromatic rings. The molecule has 3 aromatic carbocycles. The minimum Gasteiger partial charge on any atom is -0.368 e. The van der Waals surface area contributed by atoms with Gasteiger partial charge in [0.2, 0.25) is 0 Å². The lowest BCUT2D eigenvalue weighted by Gasteiger charge is -2.36. The summed E-state index contributed by atoms with van der Waals surface area (Å²) in [5.41, 5.74) is 5.29. The van der Waals surface area contributed by atoms with Gasteiger partial charge in [-0.1, -0.05) is 30.3 Å². The molecule has 5 rings (SSSR count). The first-order valence-electron chi connectivity index (χ1n) is 10.8. The number of aryl methyl sites for hydroxylation is 1. The van der Waals surface area contributed by atoms with E-state index in [9.17, 15) is 9.18 Å². The number of carbonyl (C=O) groups excluding carboxylic acids is 1. The van der Waals surface area contributed by atoms with Crippen LogP contribution in [0, 0.1) is 12.7 Å². The number of hydrogen-bond acceptors (Lipinski definition) is 3. The Balaban J connectivity index is 1.44. The van der Waals surface area contributed by atoms with Crippen LogP contribution in [0.3, 0.4) is 0 Å². The van der Waals surface area contributed by atoms with Crippen LogP contribution in [0.15, 0.2) is 78.9 Å². The summed E-state index contributed by atoms with van der Waals surface area (Å²) in [6.45, 7) is 5.01. The summed E-state index contributed by atoms with van der Waals surface area (Å²) in [5, 5.41) is 0.837. The molecule has 1 fully saturated rings. The van der Waals surface area contributed by atoms with Crippen LogP contribution in [0.25, 0.3) is 22.2 Å². The summed E-state index contributed by atoms with van der Waals surface area (Å²) in [4.78, 5) is 22.5. The summed E-state index contributed by atoms with van der Waals surface area (Å²) in [6.07, 6.45) is 0. The highest BCUT2D eigenvalue weighted by Crippen LogP contribution is 2.27. The number of para-hydroxylation sites is 1. The smallest absolute Gasteiger partial charge is 0.254 e. The Labute approximate surface area is 186 Å². The molecule has 0 spiro atoms. The Bertz CT molecular complexity index is 1280. The number of amides is 1. The van der Waals surface area contributed by atoms with E-state index in [1.165, 1.54) is 23.4 Å². The molecule has 1 aromatic heterocycles. The van der Waals surface area contributed by atoms with Gasteiger partial charge in [0.15, 0.2) is 0 Å². The van der Waals surface area contributed by atoms with Crippen molar-refractivity contribution in [2.45, 2.75) is 6.92 Å². The SMILES string of the molecule is Cc1cccc(N2CCN(C(=O)c3cc(-c4ccc(F)cc4)nc4ccccc34)CC2)c1. The van der Waals surface area contributed by atoms with Gasteiger partial charge in [0.05, 0.1) is 16.8 Å². The van der Waals surface area contributed by atoms with E-state index in [-0.39, 0.29) is 11.7 Å². The minimum absolute atomic E-state index is 0.0100.